The van der Waals surface area contributed by atoms with Gasteiger partial charge in [-0.1, -0.05) is 60.1 Å². The molecule has 0 aromatic heterocycles. The van der Waals surface area contributed by atoms with Gasteiger partial charge in [0.15, 0.2) is 18.5 Å². The molecule has 1 heterocycles. The smallest absolute Gasteiger partial charge is 0.310 e. The van der Waals surface area contributed by atoms with Gasteiger partial charge < -0.3 is 33.9 Å². The van der Waals surface area contributed by atoms with Crippen LogP contribution in [0.2, 0.25) is 0 Å². The Morgan fingerprint density at radius 3 is 2.02 bits per heavy atom. The first kappa shape index (κ1) is 39.2. The number of esters is 3. The number of carbonyl (C=O) groups excluding carboxylic acids is 3. The minimum atomic E-state index is -1.46. The molecule has 0 bridgehead atoms. The van der Waals surface area contributed by atoms with Gasteiger partial charge in [-0.25, -0.2) is 0 Å². The molecule has 13 unspecified atom stereocenters. The zero-order valence-electron chi connectivity index (χ0n) is 32.9. The molecular formula is C41H62O11. The van der Waals surface area contributed by atoms with E-state index < -0.39 is 71.5 Å². The molecule has 52 heavy (non-hydrogen) atoms. The van der Waals surface area contributed by atoms with Crippen molar-refractivity contribution in [3.8, 4) is 0 Å². The topological polar surface area (TPSA) is 155 Å². The van der Waals surface area contributed by atoms with Gasteiger partial charge in [0.25, 0.3) is 0 Å². The number of allylic oxidation sites excluding steroid dienone is 2. The highest BCUT2D eigenvalue weighted by molar-refractivity contribution is 5.76. The summed E-state index contributed by atoms with van der Waals surface area (Å²) in [7, 11) is 0. The van der Waals surface area contributed by atoms with E-state index in [2.05, 4.69) is 54.5 Å². The summed E-state index contributed by atoms with van der Waals surface area (Å²) in [5.74, 6) is -1.89. The van der Waals surface area contributed by atoms with E-state index in [-0.39, 0.29) is 46.0 Å². The van der Waals surface area contributed by atoms with Crippen LogP contribution in [0.5, 0.6) is 0 Å². The number of ether oxygens (including phenoxy) is 5. The Bertz CT molecular complexity index is 1500. The van der Waals surface area contributed by atoms with Crippen LogP contribution in [0.3, 0.4) is 0 Å². The summed E-state index contributed by atoms with van der Waals surface area (Å²) in [4.78, 5) is 49.6. The minimum Gasteiger partial charge on any atom is -0.481 e. The van der Waals surface area contributed by atoms with E-state index in [1.807, 2.05) is 0 Å². The van der Waals surface area contributed by atoms with Crippen LogP contribution in [-0.2, 0) is 42.9 Å². The van der Waals surface area contributed by atoms with Crippen molar-refractivity contribution >= 4 is 23.9 Å². The molecular weight excluding hydrogens is 668 g/mol. The van der Waals surface area contributed by atoms with Gasteiger partial charge in [-0.3, -0.25) is 19.2 Å². The first-order valence-electron chi connectivity index (χ1n) is 19.4. The number of hydrogen-bond acceptors (Lipinski definition) is 10. The molecule has 0 spiro atoms. The number of aliphatic hydroxyl groups is 1. The van der Waals surface area contributed by atoms with E-state index in [1.165, 1.54) is 26.3 Å². The summed E-state index contributed by atoms with van der Waals surface area (Å²) in [6.07, 6.45) is 3.53. The third-order valence-corrected chi connectivity index (χ3v) is 15.6. The highest BCUT2D eigenvalue weighted by Crippen LogP contribution is 2.76. The Balaban J connectivity index is 1.33. The fourth-order valence-corrected chi connectivity index (χ4v) is 13.0. The van der Waals surface area contributed by atoms with Crippen LogP contribution in [0.1, 0.15) is 127 Å². The number of fused-ring (bicyclic) bond motifs is 7. The van der Waals surface area contributed by atoms with Crippen LogP contribution in [0.25, 0.3) is 0 Å². The predicted octanol–water partition coefficient (Wildman–Crippen LogP) is 6.38. The Morgan fingerprint density at radius 2 is 1.40 bits per heavy atom. The highest BCUT2D eigenvalue weighted by atomic mass is 16.7. The first-order valence-corrected chi connectivity index (χ1v) is 19.4. The lowest BCUT2D eigenvalue weighted by Gasteiger charge is -2.71. The van der Waals surface area contributed by atoms with Crippen LogP contribution in [-0.4, -0.2) is 77.5 Å². The van der Waals surface area contributed by atoms with Crippen molar-refractivity contribution in [3.63, 3.8) is 0 Å². The molecule has 0 aromatic carbocycles. The quantitative estimate of drug-likeness (QED) is 0.135. The van der Waals surface area contributed by atoms with Crippen LogP contribution >= 0.6 is 0 Å². The van der Waals surface area contributed by atoms with Crippen LogP contribution in [0.15, 0.2) is 11.6 Å². The van der Waals surface area contributed by atoms with Gasteiger partial charge in [-0.2, -0.15) is 0 Å². The van der Waals surface area contributed by atoms with Crippen molar-refractivity contribution < 1.29 is 53.1 Å². The van der Waals surface area contributed by atoms with Gasteiger partial charge >= 0.3 is 23.9 Å². The lowest BCUT2D eigenvalue weighted by molar-refractivity contribution is -0.325. The molecule has 6 rings (SSSR count). The molecule has 0 aromatic rings. The first-order chi connectivity index (χ1) is 24.0. The molecule has 0 amide bonds. The van der Waals surface area contributed by atoms with Gasteiger partial charge in [0.1, 0.15) is 18.3 Å². The van der Waals surface area contributed by atoms with Crippen molar-refractivity contribution in [1.29, 1.82) is 0 Å². The molecule has 2 N–H and O–H groups in total. The number of carbonyl (C=O) groups is 4. The maximum atomic E-state index is 13.1. The molecule has 292 valence electrons. The Morgan fingerprint density at radius 1 is 0.788 bits per heavy atom. The summed E-state index contributed by atoms with van der Waals surface area (Å²) in [5, 5.41) is 22.2. The number of aliphatic hydroxyl groups excluding tert-OH is 1. The van der Waals surface area contributed by atoms with Gasteiger partial charge in [0, 0.05) is 20.8 Å². The van der Waals surface area contributed by atoms with E-state index >= 15 is 0 Å². The Kier molecular flexibility index (Phi) is 9.85. The fraction of sp³-hybridized carbons (Fsp3) is 0.854. The van der Waals surface area contributed by atoms with E-state index in [0.29, 0.717) is 12.8 Å². The normalized spacial score (nSPS) is 46.1. The van der Waals surface area contributed by atoms with E-state index in [9.17, 15) is 29.4 Å². The second-order valence-electron chi connectivity index (χ2n) is 19.3. The van der Waals surface area contributed by atoms with E-state index in [0.717, 1.165) is 44.9 Å². The minimum absolute atomic E-state index is 0.0170. The van der Waals surface area contributed by atoms with Crippen molar-refractivity contribution in [2.75, 3.05) is 6.61 Å². The number of aliphatic carboxylic acids is 1. The van der Waals surface area contributed by atoms with Crippen LogP contribution in [0.4, 0.5) is 0 Å². The zero-order valence-corrected chi connectivity index (χ0v) is 32.9. The molecule has 6 aliphatic rings. The Labute approximate surface area is 308 Å². The van der Waals surface area contributed by atoms with Crippen molar-refractivity contribution in [2.45, 2.75) is 164 Å². The predicted molar refractivity (Wildman–Crippen MR) is 189 cm³/mol. The number of carboxylic acids is 1. The summed E-state index contributed by atoms with van der Waals surface area (Å²) in [6.45, 7) is 19.8. The lowest BCUT2D eigenvalue weighted by Crippen LogP contribution is -2.68. The summed E-state index contributed by atoms with van der Waals surface area (Å²) in [6, 6.07) is 0. The van der Waals surface area contributed by atoms with Gasteiger partial charge in [-0.15, -0.1) is 0 Å². The van der Waals surface area contributed by atoms with Gasteiger partial charge in [-0.05, 0) is 103 Å². The lowest BCUT2D eigenvalue weighted by atomic mass is 9.33. The second-order valence-corrected chi connectivity index (χ2v) is 19.3. The summed E-state index contributed by atoms with van der Waals surface area (Å²) < 4.78 is 29.5. The number of rotatable bonds is 6. The van der Waals surface area contributed by atoms with Crippen LogP contribution < -0.4 is 0 Å². The monoisotopic (exact) mass is 730 g/mol. The Hall–Kier alpha value is -2.50. The fourth-order valence-electron chi connectivity index (χ4n) is 13.0. The maximum Gasteiger partial charge on any atom is 0.310 e. The van der Waals surface area contributed by atoms with Crippen molar-refractivity contribution in [2.24, 2.45) is 50.2 Å². The van der Waals surface area contributed by atoms with Crippen molar-refractivity contribution in [3.05, 3.63) is 11.6 Å². The maximum absolute atomic E-state index is 13.1. The van der Waals surface area contributed by atoms with Gasteiger partial charge in [0.2, 0.25) is 0 Å². The van der Waals surface area contributed by atoms with Gasteiger partial charge in [0.05, 0.1) is 12.0 Å². The average molecular weight is 731 g/mol. The highest BCUT2D eigenvalue weighted by Gasteiger charge is 2.71. The largest absolute Gasteiger partial charge is 0.481 e. The third kappa shape index (κ3) is 6.03. The molecule has 4 saturated carbocycles. The second kappa shape index (κ2) is 13.1. The zero-order chi connectivity index (χ0) is 38.4. The van der Waals surface area contributed by atoms with E-state index in [1.54, 1.807) is 0 Å². The standard InChI is InChI=1S/C41H62O11/c1-22(42)49-27-20-38(8)29(37(6,7)33(27)52-34-31(45)32(51-24(3)44)28(21-48-34)50-23(2)43)13-14-40(10)30(38)12-11-25-26-19-36(4,5)15-17-41(26,35(46)47)18-16-39(25,40)9/h11,26-34,45H,12-21H2,1-10H3,(H,46,47). The van der Waals surface area contributed by atoms with E-state index in [4.69, 9.17) is 23.7 Å². The number of hydrogen-bond donors (Lipinski definition) is 2. The SMILES string of the molecule is CC(=O)OC1COC(OC2C(OC(C)=O)CC3(C)C(CCC4(C)C3CC=C3C5CC(C)(C)CCC5(C(=O)O)CCC34C)C2(C)C)C(O)C1OC(C)=O. The molecule has 0 radical (unpaired) electrons. The molecule has 1 aliphatic heterocycles. The average Bonchev–Trinajstić information content (AvgIpc) is 3.01. The molecule has 11 heteroatoms. The van der Waals surface area contributed by atoms with Crippen LogP contribution in [0, 0.1) is 50.2 Å². The van der Waals surface area contributed by atoms with Crippen molar-refractivity contribution in [1.82, 2.24) is 0 Å². The third-order valence-electron chi connectivity index (χ3n) is 15.6. The molecule has 5 aliphatic carbocycles. The molecule has 11 nitrogen and oxygen atoms in total. The summed E-state index contributed by atoms with van der Waals surface area (Å²) in [5.41, 5.74) is -0.350. The number of carboxylic acid groups (broad SMARTS) is 1. The molecule has 5 fully saturated rings. The summed E-state index contributed by atoms with van der Waals surface area (Å²) >= 11 is 0. The molecule has 1 saturated heterocycles. The molecule has 13 atom stereocenters.